The number of hydrogen-bond donors (Lipinski definition) is 0. The molecule has 2 rings (SSSR count). The van der Waals surface area contributed by atoms with E-state index in [1.54, 1.807) is 0 Å². The van der Waals surface area contributed by atoms with E-state index in [2.05, 4.69) is 57.0 Å². The van der Waals surface area contributed by atoms with Gasteiger partial charge in [-0.1, -0.05) is 63.4 Å². The van der Waals surface area contributed by atoms with Gasteiger partial charge >= 0.3 is 0 Å². The summed E-state index contributed by atoms with van der Waals surface area (Å²) < 4.78 is 6.91. The van der Waals surface area contributed by atoms with Crippen LogP contribution in [0.15, 0.2) is 46.9 Å². The van der Waals surface area contributed by atoms with Crippen LogP contribution in [0.1, 0.15) is 24.5 Å². The van der Waals surface area contributed by atoms with Gasteiger partial charge < -0.3 is 4.74 Å². The van der Waals surface area contributed by atoms with Gasteiger partial charge in [0.15, 0.2) is 0 Å². The standard InChI is InChI=1S/C16H16Br2O/c1-2-3-12-4-7-14(8-5-12)19-15-9-6-13(11-17)16(18)10-15/h4-10H,2-3,11H2,1H3. The van der Waals surface area contributed by atoms with Crippen molar-refractivity contribution in [2.24, 2.45) is 0 Å². The number of halogens is 2. The van der Waals surface area contributed by atoms with Gasteiger partial charge in [-0.2, -0.15) is 0 Å². The van der Waals surface area contributed by atoms with Gasteiger partial charge in [-0.25, -0.2) is 0 Å². The third-order valence-electron chi connectivity index (χ3n) is 2.87. The number of aryl methyl sites for hydroxylation is 1. The predicted molar refractivity (Wildman–Crippen MR) is 87.3 cm³/mol. The first-order valence-corrected chi connectivity index (χ1v) is 8.25. The van der Waals surface area contributed by atoms with Crippen molar-refractivity contribution < 1.29 is 4.74 Å². The minimum atomic E-state index is 0.833. The first-order valence-electron chi connectivity index (χ1n) is 6.34. The van der Waals surface area contributed by atoms with E-state index in [1.165, 1.54) is 17.5 Å². The van der Waals surface area contributed by atoms with Crippen molar-refractivity contribution in [1.29, 1.82) is 0 Å². The molecule has 0 amide bonds. The highest BCUT2D eigenvalue weighted by molar-refractivity contribution is 9.10. The first-order chi connectivity index (χ1) is 9.22. The third-order valence-corrected chi connectivity index (χ3v) is 4.21. The highest BCUT2D eigenvalue weighted by Gasteiger charge is 2.02. The smallest absolute Gasteiger partial charge is 0.128 e. The van der Waals surface area contributed by atoms with E-state index in [0.29, 0.717) is 0 Å². The molecular weight excluding hydrogens is 368 g/mol. The Bertz CT molecular complexity index is 535. The molecule has 2 aromatic carbocycles. The largest absolute Gasteiger partial charge is 0.457 e. The molecule has 3 heteroatoms. The van der Waals surface area contributed by atoms with E-state index in [-0.39, 0.29) is 0 Å². The number of benzene rings is 2. The van der Waals surface area contributed by atoms with Crippen molar-refractivity contribution in [3.63, 3.8) is 0 Å². The minimum absolute atomic E-state index is 0.833. The Morgan fingerprint density at radius 1 is 1.00 bits per heavy atom. The molecule has 0 heterocycles. The molecule has 0 saturated heterocycles. The summed E-state index contributed by atoms with van der Waals surface area (Å²) in [6, 6.07) is 14.3. The Morgan fingerprint density at radius 3 is 2.26 bits per heavy atom. The van der Waals surface area contributed by atoms with Crippen molar-refractivity contribution >= 4 is 31.9 Å². The van der Waals surface area contributed by atoms with Crippen molar-refractivity contribution in [2.45, 2.75) is 25.1 Å². The molecule has 0 radical (unpaired) electrons. The van der Waals surface area contributed by atoms with Gasteiger partial charge in [-0.05, 0) is 41.8 Å². The van der Waals surface area contributed by atoms with Gasteiger partial charge in [0.25, 0.3) is 0 Å². The molecule has 0 aromatic heterocycles. The van der Waals surface area contributed by atoms with Crippen LogP contribution in [0.25, 0.3) is 0 Å². The molecule has 0 unspecified atom stereocenters. The molecule has 0 atom stereocenters. The van der Waals surface area contributed by atoms with E-state index >= 15 is 0 Å². The average Bonchev–Trinajstić information content (AvgIpc) is 2.42. The Balaban J connectivity index is 2.10. The summed E-state index contributed by atoms with van der Waals surface area (Å²) >= 11 is 6.99. The number of ether oxygens (including phenoxy) is 1. The molecule has 0 fully saturated rings. The SMILES string of the molecule is CCCc1ccc(Oc2ccc(CBr)c(Br)c2)cc1. The summed E-state index contributed by atoms with van der Waals surface area (Å²) in [5.41, 5.74) is 2.57. The summed E-state index contributed by atoms with van der Waals surface area (Å²) in [6.07, 6.45) is 2.28. The topological polar surface area (TPSA) is 9.23 Å². The maximum atomic E-state index is 5.85. The van der Waals surface area contributed by atoms with E-state index < -0.39 is 0 Å². The van der Waals surface area contributed by atoms with E-state index in [4.69, 9.17) is 4.74 Å². The van der Waals surface area contributed by atoms with Crippen molar-refractivity contribution in [1.82, 2.24) is 0 Å². The Morgan fingerprint density at radius 2 is 1.68 bits per heavy atom. The maximum Gasteiger partial charge on any atom is 0.128 e. The lowest BCUT2D eigenvalue weighted by molar-refractivity contribution is 0.482. The zero-order valence-corrected chi connectivity index (χ0v) is 14.0. The first kappa shape index (κ1) is 14.6. The Kier molecular flexibility index (Phi) is 5.46. The van der Waals surface area contributed by atoms with Crippen LogP contribution in [0.4, 0.5) is 0 Å². The normalized spacial score (nSPS) is 10.5. The van der Waals surface area contributed by atoms with Crippen LogP contribution in [0.2, 0.25) is 0 Å². The van der Waals surface area contributed by atoms with Crippen LogP contribution < -0.4 is 4.74 Å². The summed E-state index contributed by atoms with van der Waals surface area (Å²) in [7, 11) is 0. The van der Waals surface area contributed by atoms with Gasteiger partial charge in [-0.15, -0.1) is 0 Å². The monoisotopic (exact) mass is 382 g/mol. The summed E-state index contributed by atoms with van der Waals surface area (Å²) in [6.45, 7) is 2.19. The fourth-order valence-electron chi connectivity index (χ4n) is 1.85. The molecule has 1 nitrogen and oxygen atoms in total. The maximum absolute atomic E-state index is 5.85. The van der Waals surface area contributed by atoms with Gasteiger partial charge in [-0.3, -0.25) is 0 Å². The molecule has 19 heavy (non-hydrogen) atoms. The Labute approximate surface area is 131 Å². The lowest BCUT2D eigenvalue weighted by Gasteiger charge is -2.08. The lowest BCUT2D eigenvalue weighted by Crippen LogP contribution is -1.88. The number of hydrogen-bond acceptors (Lipinski definition) is 1. The van der Waals surface area contributed by atoms with E-state index in [0.717, 1.165) is 27.7 Å². The molecule has 0 spiro atoms. The van der Waals surface area contributed by atoms with Gasteiger partial charge in [0, 0.05) is 9.80 Å². The molecule has 0 N–H and O–H groups in total. The van der Waals surface area contributed by atoms with Gasteiger partial charge in [0.05, 0.1) is 0 Å². The zero-order valence-electron chi connectivity index (χ0n) is 10.8. The Hall–Kier alpha value is -0.800. The lowest BCUT2D eigenvalue weighted by atomic mass is 10.1. The predicted octanol–water partition coefficient (Wildman–Crippen LogP) is 6.09. The third kappa shape index (κ3) is 4.08. The molecule has 2 aromatic rings. The summed E-state index contributed by atoms with van der Waals surface area (Å²) in [4.78, 5) is 0. The second-order valence-electron chi connectivity index (χ2n) is 4.38. The molecule has 0 bridgehead atoms. The number of rotatable bonds is 5. The highest BCUT2D eigenvalue weighted by Crippen LogP contribution is 2.28. The van der Waals surface area contributed by atoms with Gasteiger partial charge in [0.1, 0.15) is 11.5 Å². The summed E-state index contributed by atoms with van der Waals surface area (Å²) in [5.74, 6) is 1.72. The summed E-state index contributed by atoms with van der Waals surface area (Å²) in [5, 5.41) is 0.833. The van der Waals surface area contributed by atoms with Crippen LogP contribution in [-0.4, -0.2) is 0 Å². The van der Waals surface area contributed by atoms with Crippen LogP contribution in [0.3, 0.4) is 0 Å². The van der Waals surface area contributed by atoms with E-state index in [1.807, 2.05) is 24.3 Å². The van der Waals surface area contributed by atoms with Crippen LogP contribution >= 0.6 is 31.9 Å². The second-order valence-corrected chi connectivity index (χ2v) is 5.80. The number of alkyl halides is 1. The molecule has 0 saturated carbocycles. The highest BCUT2D eigenvalue weighted by atomic mass is 79.9. The molecule has 0 aliphatic rings. The molecular formula is C16H16Br2O. The fourth-order valence-corrected chi connectivity index (χ4v) is 3.21. The zero-order chi connectivity index (χ0) is 13.7. The van der Waals surface area contributed by atoms with Gasteiger partial charge in [0.2, 0.25) is 0 Å². The van der Waals surface area contributed by atoms with Crippen LogP contribution in [0.5, 0.6) is 11.5 Å². The van der Waals surface area contributed by atoms with Crippen LogP contribution in [-0.2, 0) is 11.8 Å². The quantitative estimate of drug-likeness (QED) is 0.567. The fraction of sp³-hybridized carbons (Fsp3) is 0.250. The minimum Gasteiger partial charge on any atom is -0.457 e. The van der Waals surface area contributed by atoms with E-state index in [9.17, 15) is 0 Å². The molecule has 0 aliphatic heterocycles. The second kappa shape index (κ2) is 7.11. The average molecular weight is 384 g/mol. The van der Waals surface area contributed by atoms with Crippen molar-refractivity contribution in [2.75, 3.05) is 0 Å². The molecule has 0 aliphatic carbocycles. The van der Waals surface area contributed by atoms with Crippen molar-refractivity contribution in [3.8, 4) is 11.5 Å². The van der Waals surface area contributed by atoms with Crippen LogP contribution in [0, 0.1) is 0 Å². The molecule has 100 valence electrons. The van der Waals surface area contributed by atoms with Crippen molar-refractivity contribution in [3.05, 3.63) is 58.1 Å².